The molecular weight excluding hydrogens is 290 g/mol. The van der Waals surface area contributed by atoms with Gasteiger partial charge in [0.25, 0.3) is 0 Å². The molecule has 0 bridgehead atoms. The quantitative estimate of drug-likeness (QED) is 0.895. The third-order valence-electron chi connectivity index (χ3n) is 3.66. The molecule has 6 heteroatoms. The highest BCUT2D eigenvalue weighted by atomic mass is 35.5. The molecule has 1 saturated heterocycles. The van der Waals surface area contributed by atoms with Crippen molar-refractivity contribution in [3.63, 3.8) is 0 Å². The number of rotatable bonds is 2. The lowest BCUT2D eigenvalue weighted by Gasteiger charge is -2.28. The van der Waals surface area contributed by atoms with Gasteiger partial charge in [-0.25, -0.2) is 0 Å². The molecule has 21 heavy (non-hydrogen) atoms. The van der Waals surface area contributed by atoms with E-state index in [1.165, 1.54) is 6.07 Å². The summed E-state index contributed by atoms with van der Waals surface area (Å²) >= 11 is 0. The summed E-state index contributed by atoms with van der Waals surface area (Å²) in [6.07, 6.45) is 1.70. The van der Waals surface area contributed by atoms with Crippen molar-refractivity contribution in [1.82, 2.24) is 14.8 Å². The van der Waals surface area contributed by atoms with Gasteiger partial charge in [0, 0.05) is 43.8 Å². The van der Waals surface area contributed by atoms with Gasteiger partial charge in [-0.15, -0.1) is 12.4 Å². The fourth-order valence-electron chi connectivity index (χ4n) is 2.56. The van der Waals surface area contributed by atoms with E-state index in [2.05, 4.69) is 5.32 Å². The van der Waals surface area contributed by atoms with E-state index >= 15 is 0 Å². The van der Waals surface area contributed by atoms with Gasteiger partial charge in [-0.1, -0.05) is 12.1 Å². The maximum Gasteiger partial charge on any atom is 0.242 e. The Morgan fingerprint density at radius 3 is 2.62 bits per heavy atom. The van der Waals surface area contributed by atoms with Gasteiger partial charge >= 0.3 is 0 Å². The van der Waals surface area contributed by atoms with Crippen LogP contribution in [0.15, 0.2) is 41.3 Å². The molecule has 112 valence electrons. The zero-order valence-electron chi connectivity index (χ0n) is 11.6. The Hall–Kier alpha value is -1.85. The van der Waals surface area contributed by atoms with Crippen LogP contribution in [0.4, 0.5) is 0 Å². The Labute approximate surface area is 129 Å². The van der Waals surface area contributed by atoms with E-state index < -0.39 is 0 Å². The molecule has 1 aromatic carbocycles. The molecule has 1 aromatic heterocycles. The van der Waals surface area contributed by atoms with Crippen molar-refractivity contribution in [2.24, 2.45) is 0 Å². The van der Waals surface area contributed by atoms with Crippen molar-refractivity contribution in [2.45, 2.75) is 6.54 Å². The summed E-state index contributed by atoms with van der Waals surface area (Å²) in [5.41, 5.74) is 0.801. The lowest BCUT2D eigenvalue weighted by molar-refractivity contribution is -0.132. The monoisotopic (exact) mass is 307 g/mol. The van der Waals surface area contributed by atoms with Crippen molar-refractivity contribution < 1.29 is 4.79 Å². The molecule has 5 nitrogen and oxygen atoms in total. The van der Waals surface area contributed by atoms with Crippen LogP contribution in [0.5, 0.6) is 0 Å². The Bertz CT molecular complexity index is 693. The van der Waals surface area contributed by atoms with Gasteiger partial charge in [0.05, 0.1) is 5.52 Å². The van der Waals surface area contributed by atoms with E-state index in [1.807, 2.05) is 27.7 Å². The number of pyridine rings is 1. The number of amides is 1. The lowest BCUT2D eigenvalue weighted by Crippen LogP contribution is -2.47. The smallest absolute Gasteiger partial charge is 0.242 e. The van der Waals surface area contributed by atoms with Gasteiger partial charge in [-0.2, -0.15) is 0 Å². The summed E-state index contributed by atoms with van der Waals surface area (Å²) in [7, 11) is 0. The number of piperazine rings is 1. The van der Waals surface area contributed by atoms with E-state index in [0.29, 0.717) is 5.39 Å². The maximum absolute atomic E-state index is 12.3. The number of hydrogen-bond donors (Lipinski definition) is 1. The summed E-state index contributed by atoms with van der Waals surface area (Å²) in [5, 5.41) is 3.88. The van der Waals surface area contributed by atoms with E-state index in [4.69, 9.17) is 0 Å². The summed E-state index contributed by atoms with van der Waals surface area (Å²) in [6, 6.07) is 8.92. The number of fused-ring (bicyclic) bond motifs is 1. The summed E-state index contributed by atoms with van der Waals surface area (Å²) in [6.45, 7) is 3.46. The van der Waals surface area contributed by atoms with Crippen LogP contribution in [0.1, 0.15) is 0 Å². The molecule has 0 atom stereocenters. The maximum atomic E-state index is 12.3. The predicted octanol–water partition coefficient (Wildman–Crippen LogP) is 0.855. The Morgan fingerprint density at radius 1 is 1.14 bits per heavy atom. The van der Waals surface area contributed by atoms with Crippen LogP contribution in [0.25, 0.3) is 10.9 Å². The second-order valence-corrected chi connectivity index (χ2v) is 4.96. The highest BCUT2D eigenvalue weighted by Gasteiger charge is 2.16. The standard InChI is InChI=1S/C15H17N3O2.ClH/c19-14-5-8-18(13-4-2-1-3-12(13)14)11-15(20)17-9-6-16-7-10-17;/h1-5,8,16H,6-7,9-11H2;1H. The zero-order valence-corrected chi connectivity index (χ0v) is 12.4. The van der Waals surface area contributed by atoms with Crippen molar-refractivity contribution in [3.8, 4) is 0 Å². The Morgan fingerprint density at radius 2 is 1.86 bits per heavy atom. The van der Waals surface area contributed by atoms with E-state index in [0.717, 1.165) is 31.7 Å². The van der Waals surface area contributed by atoms with Crippen LogP contribution in [0, 0.1) is 0 Å². The van der Waals surface area contributed by atoms with Gasteiger partial charge in [-0.3, -0.25) is 9.59 Å². The minimum absolute atomic E-state index is 0. The molecule has 0 unspecified atom stereocenters. The number of carbonyl (C=O) groups excluding carboxylic acids is 1. The van der Waals surface area contributed by atoms with Crippen LogP contribution in [0.2, 0.25) is 0 Å². The molecule has 1 N–H and O–H groups in total. The number of aromatic nitrogens is 1. The summed E-state index contributed by atoms with van der Waals surface area (Å²) in [4.78, 5) is 26.0. The Balaban J connectivity index is 0.00000161. The molecule has 0 aliphatic carbocycles. The first-order valence-electron chi connectivity index (χ1n) is 6.82. The minimum atomic E-state index is -0.00790. The molecule has 1 fully saturated rings. The number of para-hydroxylation sites is 1. The number of benzene rings is 1. The third-order valence-corrected chi connectivity index (χ3v) is 3.66. The highest BCUT2D eigenvalue weighted by Crippen LogP contribution is 2.10. The predicted molar refractivity (Wildman–Crippen MR) is 84.9 cm³/mol. The summed E-state index contributed by atoms with van der Waals surface area (Å²) in [5.74, 6) is 0.0975. The molecule has 0 spiro atoms. The number of nitrogens with zero attached hydrogens (tertiary/aromatic N) is 2. The first kappa shape index (κ1) is 15.5. The normalized spacial score (nSPS) is 14.8. The van der Waals surface area contributed by atoms with Crippen LogP contribution in [0.3, 0.4) is 0 Å². The number of nitrogens with one attached hydrogen (secondary N) is 1. The average molecular weight is 308 g/mol. The average Bonchev–Trinajstić information content (AvgIpc) is 2.51. The van der Waals surface area contributed by atoms with Crippen LogP contribution in [-0.4, -0.2) is 41.6 Å². The topological polar surface area (TPSA) is 54.3 Å². The number of halogens is 1. The molecule has 0 radical (unpaired) electrons. The van der Waals surface area contributed by atoms with E-state index in [1.54, 1.807) is 12.3 Å². The van der Waals surface area contributed by atoms with Crippen molar-refractivity contribution in [2.75, 3.05) is 26.2 Å². The van der Waals surface area contributed by atoms with E-state index in [9.17, 15) is 9.59 Å². The van der Waals surface area contributed by atoms with Crippen molar-refractivity contribution in [1.29, 1.82) is 0 Å². The van der Waals surface area contributed by atoms with Crippen LogP contribution in [-0.2, 0) is 11.3 Å². The van der Waals surface area contributed by atoms with Gasteiger partial charge in [0.1, 0.15) is 6.54 Å². The highest BCUT2D eigenvalue weighted by molar-refractivity contribution is 5.85. The first-order chi connectivity index (χ1) is 9.75. The molecule has 1 aliphatic heterocycles. The Kier molecular flexibility index (Phi) is 4.98. The van der Waals surface area contributed by atoms with Gasteiger partial charge in [0.15, 0.2) is 5.43 Å². The molecule has 1 amide bonds. The van der Waals surface area contributed by atoms with Crippen LogP contribution < -0.4 is 10.7 Å². The summed E-state index contributed by atoms with van der Waals surface area (Å²) < 4.78 is 1.85. The molecule has 3 rings (SSSR count). The van der Waals surface area contributed by atoms with E-state index in [-0.39, 0.29) is 30.3 Å². The second kappa shape index (κ2) is 6.74. The lowest BCUT2D eigenvalue weighted by atomic mass is 10.2. The molecule has 2 heterocycles. The second-order valence-electron chi connectivity index (χ2n) is 4.96. The van der Waals surface area contributed by atoms with Gasteiger partial charge in [0.2, 0.25) is 5.91 Å². The number of carbonyl (C=O) groups is 1. The van der Waals surface area contributed by atoms with Gasteiger partial charge < -0.3 is 14.8 Å². The fourth-order valence-corrected chi connectivity index (χ4v) is 2.56. The third kappa shape index (κ3) is 3.25. The molecule has 0 saturated carbocycles. The SMILES string of the molecule is Cl.O=C(Cn1ccc(=O)c2ccccc21)N1CCNCC1. The van der Waals surface area contributed by atoms with Crippen molar-refractivity contribution >= 4 is 29.2 Å². The van der Waals surface area contributed by atoms with Crippen molar-refractivity contribution in [3.05, 3.63) is 46.8 Å². The molecule has 2 aromatic rings. The molecular formula is C15H18ClN3O2. The van der Waals surface area contributed by atoms with Crippen LogP contribution >= 0.6 is 12.4 Å². The largest absolute Gasteiger partial charge is 0.339 e. The zero-order chi connectivity index (χ0) is 13.9. The number of hydrogen-bond acceptors (Lipinski definition) is 3. The molecule has 1 aliphatic rings. The fraction of sp³-hybridized carbons (Fsp3) is 0.333. The first-order valence-corrected chi connectivity index (χ1v) is 6.82. The van der Waals surface area contributed by atoms with Gasteiger partial charge in [-0.05, 0) is 12.1 Å². The minimum Gasteiger partial charge on any atom is -0.339 e.